The number of carbonyl (C=O) groups is 1. The first-order valence-electron chi connectivity index (χ1n) is 6.87. The van der Waals surface area contributed by atoms with Gasteiger partial charge in [0.1, 0.15) is 11.5 Å². The molecule has 0 aliphatic carbocycles. The molecule has 1 amide bonds. The molecule has 20 heavy (non-hydrogen) atoms. The summed E-state index contributed by atoms with van der Waals surface area (Å²) in [4.78, 5) is 14.0. The molecule has 2 unspecified atom stereocenters. The summed E-state index contributed by atoms with van der Waals surface area (Å²) in [5, 5.41) is 9.27. The fourth-order valence-electron chi connectivity index (χ4n) is 2.46. The van der Waals surface area contributed by atoms with Gasteiger partial charge < -0.3 is 19.5 Å². The average Bonchev–Trinajstić information content (AvgIpc) is 2.95. The maximum atomic E-state index is 12.3. The van der Waals surface area contributed by atoms with E-state index in [0.29, 0.717) is 12.3 Å². The maximum absolute atomic E-state index is 12.3. The Balaban J connectivity index is 1.96. The van der Waals surface area contributed by atoms with Crippen molar-refractivity contribution in [1.82, 2.24) is 4.90 Å². The molecule has 0 spiro atoms. The second-order valence-corrected chi connectivity index (χ2v) is 4.95. The lowest BCUT2D eigenvalue weighted by molar-refractivity contribution is -0.139. The highest BCUT2D eigenvalue weighted by atomic mass is 16.5. The first kappa shape index (κ1) is 14.7. The van der Waals surface area contributed by atoms with Crippen LogP contribution in [0.2, 0.25) is 0 Å². The number of ether oxygens (including phenoxy) is 2. The third-order valence-electron chi connectivity index (χ3n) is 3.59. The minimum absolute atomic E-state index is 0.0149. The van der Waals surface area contributed by atoms with Crippen molar-refractivity contribution in [2.75, 3.05) is 20.3 Å². The lowest BCUT2D eigenvalue weighted by atomic mass is 10.2. The van der Waals surface area contributed by atoms with Crippen LogP contribution in [0.4, 0.5) is 0 Å². The van der Waals surface area contributed by atoms with E-state index in [0.717, 1.165) is 18.6 Å². The van der Waals surface area contributed by atoms with E-state index in [1.54, 1.807) is 43.2 Å². The lowest BCUT2D eigenvalue weighted by Gasteiger charge is -2.26. The second kappa shape index (κ2) is 6.61. The van der Waals surface area contributed by atoms with E-state index in [1.807, 2.05) is 0 Å². The monoisotopic (exact) mass is 279 g/mol. The zero-order chi connectivity index (χ0) is 14.5. The molecule has 5 heteroatoms. The number of amides is 1. The molecule has 0 radical (unpaired) electrons. The lowest BCUT2D eigenvalue weighted by Crippen LogP contribution is -2.44. The van der Waals surface area contributed by atoms with Crippen LogP contribution < -0.4 is 9.47 Å². The van der Waals surface area contributed by atoms with Gasteiger partial charge in [-0.3, -0.25) is 4.79 Å². The minimum atomic E-state index is -0.560. The molecule has 110 valence electrons. The highest BCUT2D eigenvalue weighted by Crippen LogP contribution is 2.21. The number of hydrogen-bond acceptors (Lipinski definition) is 4. The van der Waals surface area contributed by atoms with E-state index in [2.05, 4.69) is 0 Å². The molecule has 1 aliphatic heterocycles. The number of rotatable bonds is 5. The standard InChI is InChI=1S/C15H21NO4/c1-11(15(18)16-9-3-4-12(16)10-17)20-14-7-5-13(19-2)6-8-14/h5-8,11-12,17H,3-4,9-10H2,1-2H3. The van der Waals surface area contributed by atoms with Gasteiger partial charge >= 0.3 is 0 Å². The van der Waals surface area contributed by atoms with Crippen LogP contribution in [-0.4, -0.2) is 48.3 Å². The number of benzene rings is 1. The summed E-state index contributed by atoms with van der Waals surface area (Å²) in [5.41, 5.74) is 0. The van der Waals surface area contributed by atoms with Crippen LogP contribution in [0, 0.1) is 0 Å². The highest BCUT2D eigenvalue weighted by Gasteiger charge is 2.31. The molecule has 1 aromatic rings. The van der Waals surface area contributed by atoms with Gasteiger partial charge in [0.25, 0.3) is 5.91 Å². The molecular weight excluding hydrogens is 258 g/mol. The summed E-state index contributed by atoms with van der Waals surface area (Å²) in [5.74, 6) is 1.31. The van der Waals surface area contributed by atoms with Crippen molar-refractivity contribution in [2.45, 2.75) is 31.9 Å². The Labute approximate surface area is 119 Å². The van der Waals surface area contributed by atoms with Crippen LogP contribution in [0.15, 0.2) is 24.3 Å². The molecule has 2 rings (SSSR count). The number of aliphatic hydroxyl groups is 1. The molecule has 5 nitrogen and oxygen atoms in total. The van der Waals surface area contributed by atoms with E-state index in [-0.39, 0.29) is 18.6 Å². The summed E-state index contributed by atoms with van der Waals surface area (Å²) in [6, 6.07) is 7.06. The number of aliphatic hydroxyl groups excluding tert-OH is 1. The summed E-state index contributed by atoms with van der Waals surface area (Å²) in [7, 11) is 1.60. The van der Waals surface area contributed by atoms with Gasteiger partial charge in [-0.05, 0) is 44.0 Å². The molecule has 1 saturated heterocycles. The third-order valence-corrected chi connectivity index (χ3v) is 3.59. The van der Waals surface area contributed by atoms with Crippen molar-refractivity contribution < 1.29 is 19.4 Å². The zero-order valence-electron chi connectivity index (χ0n) is 11.9. The van der Waals surface area contributed by atoms with E-state index < -0.39 is 6.10 Å². The zero-order valence-corrected chi connectivity index (χ0v) is 11.9. The predicted molar refractivity (Wildman–Crippen MR) is 74.9 cm³/mol. The van der Waals surface area contributed by atoms with Crippen LogP contribution >= 0.6 is 0 Å². The molecular formula is C15H21NO4. The topological polar surface area (TPSA) is 59.0 Å². The first-order valence-corrected chi connectivity index (χ1v) is 6.87. The fraction of sp³-hybridized carbons (Fsp3) is 0.533. The van der Waals surface area contributed by atoms with Gasteiger partial charge in [0, 0.05) is 6.54 Å². The quantitative estimate of drug-likeness (QED) is 0.886. The number of hydrogen-bond donors (Lipinski definition) is 1. The normalized spacial score (nSPS) is 19.8. The Kier molecular flexibility index (Phi) is 4.84. The Morgan fingerprint density at radius 2 is 2.05 bits per heavy atom. The molecule has 1 heterocycles. The highest BCUT2D eigenvalue weighted by molar-refractivity contribution is 5.81. The molecule has 1 aromatic carbocycles. The van der Waals surface area contributed by atoms with Crippen molar-refractivity contribution in [3.8, 4) is 11.5 Å². The number of likely N-dealkylation sites (tertiary alicyclic amines) is 1. The van der Waals surface area contributed by atoms with E-state index in [1.165, 1.54) is 0 Å². The number of nitrogens with zero attached hydrogens (tertiary/aromatic N) is 1. The predicted octanol–water partition coefficient (Wildman–Crippen LogP) is 1.45. The molecule has 0 aromatic heterocycles. The van der Waals surface area contributed by atoms with E-state index in [9.17, 15) is 9.90 Å². The summed E-state index contributed by atoms with van der Waals surface area (Å²) < 4.78 is 10.7. The Morgan fingerprint density at radius 3 is 2.65 bits per heavy atom. The SMILES string of the molecule is COc1ccc(OC(C)C(=O)N2CCCC2CO)cc1. The van der Waals surface area contributed by atoms with Crippen LogP contribution in [0.1, 0.15) is 19.8 Å². The Bertz CT molecular complexity index is 446. The van der Waals surface area contributed by atoms with Crippen molar-refractivity contribution >= 4 is 5.91 Å². The van der Waals surface area contributed by atoms with Gasteiger partial charge in [0.2, 0.25) is 0 Å². The van der Waals surface area contributed by atoms with Crippen LogP contribution in [0.25, 0.3) is 0 Å². The summed E-state index contributed by atoms with van der Waals surface area (Å²) in [6.45, 7) is 2.45. The van der Waals surface area contributed by atoms with E-state index >= 15 is 0 Å². The van der Waals surface area contributed by atoms with Crippen LogP contribution in [0.3, 0.4) is 0 Å². The van der Waals surface area contributed by atoms with Gasteiger partial charge in [-0.15, -0.1) is 0 Å². The number of carbonyl (C=O) groups excluding carboxylic acids is 1. The fourth-order valence-corrected chi connectivity index (χ4v) is 2.46. The minimum Gasteiger partial charge on any atom is -0.497 e. The largest absolute Gasteiger partial charge is 0.497 e. The van der Waals surface area contributed by atoms with Gasteiger partial charge in [0.15, 0.2) is 6.10 Å². The third kappa shape index (κ3) is 3.22. The Morgan fingerprint density at radius 1 is 1.40 bits per heavy atom. The van der Waals surface area contributed by atoms with Gasteiger partial charge in [-0.2, -0.15) is 0 Å². The summed E-state index contributed by atoms with van der Waals surface area (Å²) in [6.07, 6.45) is 1.24. The molecule has 2 atom stereocenters. The van der Waals surface area contributed by atoms with Crippen LogP contribution in [-0.2, 0) is 4.79 Å². The molecule has 0 bridgehead atoms. The van der Waals surface area contributed by atoms with Crippen molar-refractivity contribution in [3.63, 3.8) is 0 Å². The smallest absolute Gasteiger partial charge is 0.263 e. The Hall–Kier alpha value is -1.75. The van der Waals surface area contributed by atoms with Crippen LogP contribution in [0.5, 0.6) is 11.5 Å². The number of methoxy groups -OCH3 is 1. The molecule has 0 saturated carbocycles. The second-order valence-electron chi connectivity index (χ2n) is 4.95. The maximum Gasteiger partial charge on any atom is 0.263 e. The first-order chi connectivity index (χ1) is 9.65. The van der Waals surface area contributed by atoms with Gasteiger partial charge in [-0.1, -0.05) is 0 Å². The van der Waals surface area contributed by atoms with Gasteiger partial charge in [0.05, 0.1) is 19.8 Å². The summed E-state index contributed by atoms with van der Waals surface area (Å²) >= 11 is 0. The molecule has 1 fully saturated rings. The van der Waals surface area contributed by atoms with Gasteiger partial charge in [-0.25, -0.2) is 0 Å². The average molecular weight is 279 g/mol. The van der Waals surface area contributed by atoms with Crippen molar-refractivity contribution in [2.24, 2.45) is 0 Å². The molecule has 1 aliphatic rings. The van der Waals surface area contributed by atoms with E-state index in [4.69, 9.17) is 9.47 Å². The van der Waals surface area contributed by atoms with Crippen molar-refractivity contribution in [1.29, 1.82) is 0 Å². The van der Waals surface area contributed by atoms with Crippen molar-refractivity contribution in [3.05, 3.63) is 24.3 Å². The molecule has 1 N–H and O–H groups in total.